The molecule has 1 aromatic rings. The summed E-state index contributed by atoms with van der Waals surface area (Å²) in [5, 5.41) is 0. The molecular weight excluding hydrogens is 172 g/mol. The summed E-state index contributed by atoms with van der Waals surface area (Å²) in [6.45, 7) is 0.791. The molecule has 2 rings (SSSR count). The average Bonchev–Trinajstić information content (AvgIpc) is 2.29. The van der Waals surface area contributed by atoms with Gasteiger partial charge in [0, 0.05) is 0 Å². The number of ether oxygens (including phenoxy) is 1. The molecule has 0 radical (unpaired) electrons. The number of hydrogen-bond donors (Lipinski definition) is 0. The van der Waals surface area contributed by atoms with Gasteiger partial charge in [0.05, 0.1) is 12.7 Å². The van der Waals surface area contributed by atoms with Crippen molar-refractivity contribution in [1.82, 2.24) is 0 Å². The summed E-state index contributed by atoms with van der Waals surface area (Å²) in [5.74, 6) is 0. The Labute approximate surface area is 85.4 Å². The lowest BCUT2D eigenvalue weighted by Crippen LogP contribution is -2.16. The van der Waals surface area contributed by atoms with E-state index in [1.807, 2.05) is 0 Å². The van der Waals surface area contributed by atoms with Crippen molar-refractivity contribution in [2.75, 3.05) is 6.61 Å². The zero-order chi connectivity index (χ0) is 9.64. The van der Waals surface area contributed by atoms with Crippen LogP contribution in [0, 0.1) is 0 Å². The second kappa shape index (κ2) is 4.97. The van der Waals surface area contributed by atoms with Crippen LogP contribution in [0.3, 0.4) is 0 Å². The molecule has 14 heavy (non-hydrogen) atoms. The van der Waals surface area contributed by atoms with Crippen LogP contribution in [0.25, 0.3) is 0 Å². The van der Waals surface area contributed by atoms with Crippen LogP contribution in [0.15, 0.2) is 42.5 Å². The van der Waals surface area contributed by atoms with Crippen LogP contribution in [0.1, 0.15) is 18.4 Å². The van der Waals surface area contributed by atoms with Crippen LogP contribution < -0.4 is 0 Å². The van der Waals surface area contributed by atoms with Crippen LogP contribution in [0.2, 0.25) is 0 Å². The lowest BCUT2D eigenvalue weighted by atomic mass is 10.0. The van der Waals surface area contributed by atoms with Gasteiger partial charge in [-0.25, -0.2) is 0 Å². The first-order valence-electron chi connectivity index (χ1n) is 5.25. The van der Waals surface area contributed by atoms with Crippen molar-refractivity contribution in [2.45, 2.75) is 25.4 Å². The number of aryl methyl sites for hydroxylation is 1. The second-order valence-electron chi connectivity index (χ2n) is 3.69. The van der Waals surface area contributed by atoms with Gasteiger partial charge in [0.2, 0.25) is 0 Å². The fraction of sp³-hybridized carbons (Fsp3) is 0.385. The van der Waals surface area contributed by atoms with E-state index in [0.717, 1.165) is 25.9 Å². The van der Waals surface area contributed by atoms with Gasteiger partial charge in [0.25, 0.3) is 0 Å². The Balaban J connectivity index is 1.80. The molecule has 1 heteroatoms. The predicted molar refractivity (Wildman–Crippen MR) is 58.3 cm³/mol. The van der Waals surface area contributed by atoms with Crippen LogP contribution >= 0.6 is 0 Å². The minimum Gasteiger partial charge on any atom is -0.374 e. The molecule has 1 heterocycles. The summed E-state index contributed by atoms with van der Waals surface area (Å²) in [4.78, 5) is 0. The van der Waals surface area contributed by atoms with Gasteiger partial charge in [-0.2, -0.15) is 0 Å². The topological polar surface area (TPSA) is 9.23 Å². The highest BCUT2D eigenvalue weighted by molar-refractivity contribution is 5.14. The van der Waals surface area contributed by atoms with Gasteiger partial charge in [-0.3, -0.25) is 0 Å². The van der Waals surface area contributed by atoms with E-state index in [2.05, 4.69) is 42.5 Å². The monoisotopic (exact) mass is 188 g/mol. The van der Waals surface area contributed by atoms with E-state index in [-0.39, 0.29) is 0 Å². The summed E-state index contributed by atoms with van der Waals surface area (Å²) in [5.41, 5.74) is 1.41. The van der Waals surface area contributed by atoms with E-state index < -0.39 is 0 Å². The van der Waals surface area contributed by atoms with Crippen LogP contribution in [-0.2, 0) is 11.2 Å². The van der Waals surface area contributed by atoms with E-state index in [1.165, 1.54) is 5.56 Å². The molecule has 0 saturated heterocycles. The Morgan fingerprint density at radius 2 is 2.00 bits per heavy atom. The third kappa shape index (κ3) is 2.71. The first kappa shape index (κ1) is 9.47. The fourth-order valence-electron chi connectivity index (χ4n) is 1.75. The molecule has 0 spiro atoms. The maximum Gasteiger partial charge on any atom is 0.0651 e. The van der Waals surface area contributed by atoms with Gasteiger partial charge in [-0.15, -0.1) is 0 Å². The van der Waals surface area contributed by atoms with Crippen LogP contribution in [0.4, 0.5) is 0 Å². The predicted octanol–water partition coefficient (Wildman–Crippen LogP) is 2.96. The minimum absolute atomic E-state index is 0.431. The summed E-state index contributed by atoms with van der Waals surface area (Å²) in [6, 6.07) is 10.6. The molecule has 1 atom stereocenters. The molecular formula is C13H16O. The van der Waals surface area contributed by atoms with Gasteiger partial charge >= 0.3 is 0 Å². The quantitative estimate of drug-likeness (QED) is 0.663. The summed E-state index contributed by atoms with van der Waals surface area (Å²) in [6.07, 6.45) is 8.08. The zero-order valence-corrected chi connectivity index (χ0v) is 8.36. The lowest BCUT2D eigenvalue weighted by molar-refractivity contribution is 0.0620. The molecule has 1 nitrogen and oxygen atoms in total. The Morgan fingerprint density at radius 3 is 2.71 bits per heavy atom. The van der Waals surface area contributed by atoms with Crippen molar-refractivity contribution < 1.29 is 4.74 Å². The number of benzene rings is 1. The molecule has 0 saturated carbocycles. The van der Waals surface area contributed by atoms with Crippen molar-refractivity contribution in [3.05, 3.63) is 48.0 Å². The van der Waals surface area contributed by atoms with Crippen molar-refractivity contribution in [3.8, 4) is 0 Å². The van der Waals surface area contributed by atoms with Gasteiger partial charge in [-0.05, 0) is 24.8 Å². The molecule has 0 aromatic heterocycles. The zero-order valence-electron chi connectivity index (χ0n) is 8.36. The Kier molecular flexibility index (Phi) is 3.36. The summed E-state index contributed by atoms with van der Waals surface area (Å²) in [7, 11) is 0. The highest BCUT2D eigenvalue weighted by Crippen LogP contribution is 2.13. The molecule has 0 fully saturated rings. The largest absolute Gasteiger partial charge is 0.374 e. The first-order chi connectivity index (χ1) is 6.95. The van der Waals surface area contributed by atoms with Gasteiger partial charge < -0.3 is 4.74 Å². The third-order valence-electron chi connectivity index (χ3n) is 2.59. The molecule has 0 unspecified atom stereocenters. The van der Waals surface area contributed by atoms with Crippen molar-refractivity contribution >= 4 is 0 Å². The van der Waals surface area contributed by atoms with Crippen LogP contribution in [0.5, 0.6) is 0 Å². The van der Waals surface area contributed by atoms with Gasteiger partial charge in [0.15, 0.2) is 0 Å². The number of rotatable bonds is 3. The molecule has 1 aromatic carbocycles. The highest BCUT2D eigenvalue weighted by atomic mass is 16.5. The van der Waals surface area contributed by atoms with E-state index in [0.29, 0.717) is 6.10 Å². The normalized spacial score (nSPS) is 21.0. The SMILES string of the molecule is C1=CC[C@H](CCc2ccccc2)OC1. The van der Waals surface area contributed by atoms with Crippen molar-refractivity contribution in [2.24, 2.45) is 0 Å². The Hall–Kier alpha value is -1.08. The van der Waals surface area contributed by atoms with E-state index >= 15 is 0 Å². The first-order valence-corrected chi connectivity index (χ1v) is 5.25. The standard InChI is InChI=1S/C13H16O/c1-2-6-12(7-3-1)9-10-13-8-4-5-11-14-13/h1-7,13H,8-11H2/t13-/m1/s1. The molecule has 0 aliphatic carbocycles. The van der Waals surface area contributed by atoms with E-state index in [4.69, 9.17) is 4.74 Å². The Morgan fingerprint density at radius 1 is 1.14 bits per heavy atom. The van der Waals surface area contributed by atoms with Gasteiger partial charge in [0.1, 0.15) is 0 Å². The molecule has 0 amide bonds. The molecule has 1 aliphatic heterocycles. The van der Waals surface area contributed by atoms with Crippen LogP contribution in [-0.4, -0.2) is 12.7 Å². The molecule has 0 bridgehead atoms. The number of hydrogen-bond acceptors (Lipinski definition) is 1. The highest BCUT2D eigenvalue weighted by Gasteiger charge is 2.09. The fourth-order valence-corrected chi connectivity index (χ4v) is 1.75. The van der Waals surface area contributed by atoms with E-state index in [9.17, 15) is 0 Å². The maximum atomic E-state index is 5.61. The average molecular weight is 188 g/mol. The van der Waals surface area contributed by atoms with Gasteiger partial charge in [-0.1, -0.05) is 42.5 Å². The molecule has 0 N–H and O–H groups in total. The molecule has 1 aliphatic rings. The lowest BCUT2D eigenvalue weighted by Gasteiger charge is -2.18. The minimum atomic E-state index is 0.431. The van der Waals surface area contributed by atoms with Crippen molar-refractivity contribution in [1.29, 1.82) is 0 Å². The maximum absolute atomic E-state index is 5.61. The summed E-state index contributed by atoms with van der Waals surface area (Å²) < 4.78 is 5.61. The molecule has 74 valence electrons. The third-order valence-corrected chi connectivity index (χ3v) is 2.59. The summed E-state index contributed by atoms with van der Waals surface area (Å²) >= 11 is 0. The van der Waals surface area contributed by atoms with Crippen molar-refractivity contribution in [3.63, 3.8) is 0 Å². The smallest absolute Gasteiger partial charge is 0.0651 e. The van der Waals surface area contributed by atoms with E-state index in [1.54, 1.807) is 0 Å². The Bertz CT molecular complexity index is 289. The second-order valence-corrected chi connectivity index (χ2v) is 3.69.